The second kappa shape index (κ2) is 4.42. The van der Waals surface area contributed by atoms with Gasteiger partial charge in [-0.25, -0.2) is 4.98 Å². The summed E-state index contributed by atoms with van der Waals surface area (Å²) in [7, 11) is 0. The molecule has 0 unspecified atom stereocenters. The maximum atomic E-state index is 4.47. The van der Waals surface area contributed by atoms with Gasteiger partial charge in [0.25, 0.3) is 0 Å². The molecule has 0 amide bonds. The van der Waals surface area contributed by atoms with Crippen LogP contribution in [0, 0.1) is 0 Å². The van der Waals surface area contributed by atoms with E-state index in [0.29, 0.717) is 0 Å². The lowest BCUT2D eigenvalue weighted by molar-refractivity contribution is 0.585. The standard InChI is InChI=1S/C11H17N3/c1-2-10-3-4-11(13-9-10)14-7-5-12-6-8-14/h3-4,9,12H,2,5-8H2,1H3. The van der Waals surface area contributed by atoms with E-state index in [1.807, 2.05) is 6.20 Å². The average Bonchev–Trinajstić information content (AvgIpc) is 2.30. The molecule has 0 spiro atoms. The molecule has 3 heteroatoms. The van der Waals surface area contributed by atoms with Crippen molar-refractivity contribution in [3.05, 3.63) is 23.9 Å². The zero-order valence-electron chi connectivity index (χ0n) is 8.66. The van der Waals surface area contributed by atoms with Gasteiger partial charge in [0.2, 0.25) is 0 Å². The predicted molar refractivity (Wildman–Crippen MR) is 58.7 cm³/mol. The minimum atomic E-state index is 1.06. The molecule has 0 aromatic carbocycles. The van der Waals surface area contributed by atoms with Crippen molar-refractivity contribution in [2.24, 2.45) is 0 Å². The predicted octanol–water partition coefficient (Wildman–Crippen LogP) is 1.05. The molecule has 1 aromatic rings. The maximum absolute atomic E-state index is 4.47. The molecule has 76 valence electrons. The first-order valence-corrected chi connectivity index (χ1v) is 5.30. The van der Waals surface area contributed by atoms with Crippen LogP contribution in [0.3, 0.4) is 0 Å². The number of pyridine rings is 1. The van der Waals surface area contributed by atoms with Crippen molar-refractivity contribution >= 4 is 5.82 Å². The SMILES string of the molecule is CCc1ccc(N2CCNCC2)nc1. The number of nitrogens with zero attached hydrogens (tertiary/aromatic N) is 2. The van der Waals surface area contributed by atoms with Crippen LogP contribution < -0.4 is 10.2 Å². The summed E-state index contributed by atoms with van der Waals surface area (Å²) in [5.41, 5.74) is 1.31. The van der Waals surface area contributed by atoms with Gasteiger partial charge in [-0.1, -0.05) is 13.0 Å². The highest BCUT2D eigenvalue weighted by molar-refractivity contribution is 5.39. The molecule has 1 aromatic heterocycles. The third-order valence-corrected chi connectivity index (χ3v) is 2.66. The smallest absolute Gasteiger partial charge is 0.128 e. The van der Waals surface area contributed by atoms with Crippen molar-refractivity contribution in [1.82, 2.24) is 10.3 Å². The highest BCUT2D eigenvalue weighted by Crippen LogP contribution is 2.11. The molecule has 2 heterocycles. The lowest BCUT2D eigenvalue weighted by Gasteiger charge is -2.28. The monoisotopic (exact) mass is 191 g/mol. The minimum absolute atomic E-state index is 1.06. The third-order valence-electron chi connectivity index (χ3n) is 2.66. The van der Waals surface area contributed by atoms with E-state index in [2.05, 4.69) is 34.3 Å². The Morgan fingerprint density at radius 3 is 2.71 bits per heavy atom. The second-order valence-electron chi connectivity index (χ2n) is 3.62. The largest absolute Gasteiger partial charge is 0.354 e. The Labute approximate surface area is 85.1 Å². The fraction of sp³-hybridized carbons (Fsp3) is 0.545. The number of hydrogen-bond donors (Lipinski definition) is 1. The Morgan fingerprint density at radius 1 is 1.36 bits per heavy atom. The van der Waals surface area contributed by atoms with Gasteiger partial charge in [0.05, 0.1) is 0 Å². The first-order chi connectivity index (χ1) is 6.90. The molecular weight excluding hydrogens is 174 g/mol. The number of piperazine rings is 1. The Hall–Kier alpha value is -1.09. The Balaban J connectivity index is 2.07. The maximum Gasteiger partial charge on any atom is 0.128 e. The molecule has 14 heavy (non-hydrogen) atoms. The van der Waals surface area contributed by atoms with Crippen molar-refractivity contribution in [2.75, 3.05) is 31.1 Å². The normalized spacial score (nSPS) is 17.1. The first-order valence-electron chi connectivity index (χ1n) is 5.30. The van der Waals surface area contributed by atoms with E-state index in [1.165, 1.54) is 5.56 Å². The fourth-order valence-electron chi connectivity index (χ4n) is 1.71. The van der Waals surface area contributed by atoms with Gasteiger partial charge < -0.3 is 10.2 Å². The van der Waals surface area contributed by atoms with Crippen LogP contribution in [0.1, 0.15) is 12.5 Å². The van der Waals surface area contributed by atoms with Gasteiger partial charge in [0.1, 0.15) is 5.82 Å². The number of nitrogens with one attached hydrogen (secondary N) is 1. The third kappa shape index (κ3) is 2.04. The zero-order valence-corrected chi connectivity index (χ0v) is 8.66. The van der Waals surface area contributed by atoms with Crippen molar-refractivity contribution in [3.8, 4) is 0 Å². The van der Waals surface area contributed by atoms with Gasteiger partial charge >= 0.3 is 0 Å². The van der Waals surface area contributed by atoms with Crippen LogP contribution in [0.15, 0.2) is 18.3 Å². The summed E-state index contributed by atoms with van der Waals surface area (Å²) in [6, 6.07) is 4.30. The Bertz CT molecular complexity index is 275. The van der Waals surface area contributed by atoms with Gasteiger partial charge in [-0.05, 0) is 18.1 Å². The van der Waals surface area contributed by atoms with Crippen LogP contribution in [0.5, 0.6) is 0 Å². The molecule has 0 atom stereocenters. The van der Waals surface area contributed by atoms with E-state index in [0.717, 1.165) is 38.4 Å². The summed E-state index contributed by atoms with van der Waals surface area (Å²) in [5, 5.41) is 3.34. The van der Waals surface area contributed by atoms with Gasteiger partial charge in [0, 0.05) is 32.4 Å². The van der Waals surface area contributed by atoms with Gasteiger partial charge in [-0.15, -0.1) is 0 Å². The molecule has 1 aliphatic rings. The molecule has 0 saturated carbocycles. The number of rotatable bonds is 2. The van der Waals surface area contributed by atoms with Gasteiger partial charge in [0.15, 0.2) is 0 Å². The van der Waals surface area contributed by atoms with Gasteiger partial charge in [-0.3, -0.25) is 0 Å². The average molecular weight is 191 g/mol. The summed E-state index contributed by atoms with van der Waals surface area (Å²) in [6.07, 6.45) is 3.05. The van der Waals surface area contributed by atoms with Crippen molar-refractivity contribution in [1.29, 1.82) is 0 Å². The molecule has 1 aliphatic heterocycles. The molecule has 1 saturated heterocycles. The topological polar surface area (TPSA) is 28.2 Å². The number of aromatic nitrogens is 1. The van der Waals surface area contributed by atoms with Gasteiger partial charge in [-0.2, -0.15) is 0 Å². The zero-order chi connectivity index (χ0) is 9.80. The second-order valence-corrected chi connectivity index (χ2v) is 3.62. The summed E-state index contributed by atoms with van der Waals surface area (Å²) < 4.78 is 0. The first kappa shape index (κ1) is 9.46. The van der Waals surface area contributed by atoms with Crippen molar-refractivity contribution in [2.45, 2.75) is 13.3 Å². The fourth-order valence-corrected chi connectivity index (χ4v) is 1.71. The van der Waals surface area contributed by atoms with E-state index >= 15 is 0 Å². The van der Waals surface area contributed by atoms with E-state index in [9.17, 15) is 0 Å². The highest BCUT2D eigenvalue weighted by Gasteiger charge is 2.10. The summed E-state index contributed by atoms with van der Waals surface area (Å²) >= 11 is 0. The summed E-state index contributed by atoms with van der Waals surface area (Å²) in [6.45, 7) is 6.42. The van der Waals surface area contributed by atoms with E-state index in [4.69, 9.17) is 0 Å². The van der Waals surface area contributed by atoms with Crippen LogP contribution >= 0.6 is 0 Å². The highest BCUT2D eigenvalue weighted by atomic mass is 15.2. The molecule has 1 fully saturated rings. The lowest BCUT2D eigenvalue weighted by Crippen LogP contribution is -2.43. The molecular formula is C11H17N3. The molecule has 3 nitrogen and oxygen atoms in total. The molecule has 0 radical (unpaired) electrons. The van der Waals surface area contributed by atoms with Crippen molar-refractivity contribution in [3.63, 3.8) is 0 Å². The van der Waals surface area contributed by atoms with Crippen LogP contribution in [-0.4, -0.2) is 31.2 Å². The van der Waals surface area contributed by atoms with Crippen LogP contribution in [0.4, 0.5) is 5.82 Å². The number of aryl methyl sites for hydroxylation is 1. The number of anilines is 1. The molecule has 2 rings (SSSR count). The van der Waals surface area contributed by atoms with Crippen LogP contribution in [0.2, 0.25) is 0 Å². The van der Waals surface area contributed by atoms with Crippen molar-refractivity contribution < 1.29 is 0 Å². The lowest BCUT2D eigenvalue weighted by atomic mass is 10.2. The minimum Gasteiger partial charge on any atom is -0.354 e. The number of hydrogen-bond acceptors (Lipinski definition) is 3. The van der Waals surface area contributed by atoms with E-state index < -0.39 is 0 Å². The summed E-state index contributed by atoms with van der Waals surface area (Å²) in [4.78, 5) is 6.80. The summed E-state index contributed by atoms with van der Waals surface area (Å²) in [5.74, 6) is 1.11. The Kier molecular flexibility index (Phi) is 2.99. The molecule has 1 N–H and O–H groups in total. The quantitative estimate of drug-likeness (QED) is 0.757. The van der Waals surface area contributed by atoms with E-state index in [-0.39, 0.29) is 0 Å². The van der Waals surface area contributed by atoms with Crippen LogP contribution in [0.25, 0.3) is 0 Å². The van der Waals surface area contributed by atoms with Crippen LogP contribution in [-0.2, 0) is 6.42 Å². The molecule has 0 bridgehead atoms. The Morgan fingerprint density at radius 2 is 2.14 bits per heavy atom. The molecule has 0 aliphatic carbocycles. The van der Waals surface area contributed by atoms with E-state index in [1.54, 1.807) is 0 Å².